The summed E-state index contributed by atoms with van der Waals surface area (Å²) in [5.41, 5.74) is 0. The molecule has 0 amide bonds. The van der Waals surface area contributed by atoms with E-state index in [1.807, 2.05) is 0 Å². The molecule has 11 heavy (non-hydrogen) atoms. The molecule has 0 saturated carbocycles. The highest BCUT2D eigenvalue weighted by Crippen LogP contribution is 2.07. The standard InChI is InChI=1S/C9H22OSi/c1-4-7-8-9-11(6-3)10-5-2/h11H,4-9H2,1-3H3. The fourth-order valence-electron chi connectivity index (χ4n) is 1.26. The lowest BCUT2D eigenvalue weighted by molar-refractivity contribution is 0.340. The quantitative estimate of drug-likeness (QED) is 0.426. The van der Waals surface area contributed by atoms with Gasteiger partial charge in [-0.1, -0.05) is 33.1 Å². The number of hydrogen-bond donors (Lipinski definition) is 0. The van der Waals surface area contributed by atoms with E-state index >= 15 is 0 Å². The maximum Gasteiger partial charge on any atom is 0.176 e. The van der Waals surface area contributed by atoms with E-state index < -0.39 is 9.04 Å². The van der Waals surface area contributed by atoms with Gasteiger partial charge in [0.05, 0.1) is 0 Å². The topological polar surface area (TPSA) is 9.23 Å². The van der Waals surface area contributed by atoms with Crippen molar-refractivity contribution in [2.75, 3.05) is 6.61 Å². The second kappa shape index (κ2) is 8.28. The molecular weight excluding hydrogens is 152 g/mol. The van der Waals surface area contributed by atoms with E-state index in [4.69, 9.17) is 4.43 Å². The Hall–Kier alpha value is 0.177. The van der Waals surface area contributed by atoms with Crippen LogP contribution in [0, 0.1) is 0 Å². The molecule has 1 unspecified atom stereocenters. The molecule has 68 valence electrons. The number of unbranched alkanes of at least 4 members (excludes halogenated alkanes) is 2. The third kappa shape index (κ3) is 6.57. The molecular formula is C9H22OSi. The van der Waals surface area contributed by atoms with Crippen molar-refractivity contribution >= 4 is 9.04 Å². The van der Waals surface area contributed by atoms with Crippen LogP contribution in [0.15, 0.2) is 0 Å². The maximum atomic E-state index is 5.68. The lowest BCUT2D eigenvalue weighted by Gasteiger charge is -2.11. The molecule has 0 fully saturated rings. The largest absolute Gasteiger partial charge is 0.420 e. The van der Waals surface area contributed by atoms with E-state index in [-0.39, 0.29) is 0 Å². The second-order valence-corrected chi connectivity index (χ2v) is 5.95. The predicted octanol–water partition coefficient (Wildman–Crippen LogP) is 2.96. The fraction of sp³-hybridized carbons (Fsp3) is 1.00. The summed E-state index contributed by atoms with van der Waals surface area (Å²) in [6, 6.07) is 2.69. The van der Waals surface area contributed by atoms with E-state index in [9.17, 15) is 0 Å². The number of rotatable bonds is 7. The molecule has 0 aliphatic rings. The van der Waals surface area contributed by atoms with Gasteiger partial charge in [-0.25, -0.2) is 0 Å². The zero-order chi connectivity index (χ0) is 8.53. The van der Waals surface area contributed by atoms with Crippen LogP contribution in [-0.2, 0) is 4.43 Å². The summed E-state index contributed by atoms with van der Waals surface area (Å²) in [7, 11) is -0.745. The van der Waals surface area contributed by atoms with E-state index in [2.05, 4.69) is 20.8 Å². The van der Waals surface area contributed by atoms with Crippen LogP contribution in [0.1, 0.15) is 40.0 Å². The molecule has 0 aliphatic heterocycles. The number of hydrogen-bond acceptors (Lipinski definition) is 1. The van der Waals surface area contributed by atoms with Gasteiger partial charge in [0.1, 0.15) is 0 Å². The van der Waals surface area contributed by atoms with Crippen LogP contribution in [0.2, 0.25) is 12.1 Å². The average molecular weight is 174 g/mol. The third-order valence-electron chi connectivity index (χ3n) is 1.99. The van der Waals surface area contributed by atoms with Crippen LogP contribution in [0.3, 0.4) is 0 Å². The summed E-state index contributed by atoms with van der Waals surface area (Å²) in [6.45, 7) is 7.55. The molecule has 0 bridgehead atoms. The highest BCUT2D eigenvalue weighted by Gasteiger charge is 2.06. The van der Waals surface area contributed by atoms with E-state index in [1.165, 1.54) is 31.4 Å². The average Bonchev–Trinajstić information content (AvgIpc) is 2.03. The SMILES string of the molecule is CCCCC[SiH](CC)OCC. The second-order valence-electron chi connectivity index (χ2n) is 2.98. The Morgan fingerprint density at radius 2 is 1.82 bits per heavy atom. The summed E-state index contributed by atoms with van der Waals surface area (Å²) < 4.78 is 5.68. The van der Waals surface area contributed by atoms with Gasteiger partial charge < -0.3 is 4.43 Å². The van der Waals surface area contributed by atoms with Crippen molar-refractivity contribution in [2.45, 2.75) is 52.1 Å². The fourth-order valence-corrected chi connectivity index (χ4v) is 3.29. The first-order valence-corrected chi connectivity index (χ1v) is 7.07. The first-order chi connectivity index (χ1) is 5.35. The zero-order valence-corrected chi connectivity index (χ0v) is 9.38. The minimum atomic E-state index is -0.745. The van der Waals surface area contributed by atoms with Crippen LogP contribution >= 0.6 is 0 Å². The molecule has 0 aromatic heterocycles. The molecule has 0 aliphatic carbocycles. The minimum Gasteiger partial charge on any atom is -0.420 e. The molecule has 0 N–H and O–H groups in total. The molecule has 0 aromatic carbocycles. The van der Waals surface area contributed by atoms with Gasteiger partial charge >= 0.3 is 0 Å². The highest BCUT2D eigenvalue weighted by atomic mass is 28.3. The Morgan fingerprint density at radius 3 is 2.27 bits per heavy atom. The van der Waals surface area contributed by atoms with Crippen LogP contribution in [0.4, 0.5) is 0 Å². The molecule has 2 heteroatoms. The zero-order valence-electron chi connectivity index (χ0n) is 8.23. The monoisotopic (exact) mass is 174 g/mol. The summed E-state index contributed by atoms with van der Waals surface area (Å²) in [6.07, 6.45) is 4.11. The summed E-state index contributed by atoms with van der Waals surface area (Å²) in [5, 5.41) is 0. The van der Waals surface area contributed by atoms with Crippen molar-refractivity contribution in [1.29, 1.82) is 0 Å². The van der Waals surface area contributed by atoms with Crippen molar-refractivity contribution < 1.29 is 4.43 Å². The first kappa shape index (κ1) is 11.2. The molecule has 0 spiro atoms. The molecule has 0 aromatic rings. The smallest absolute Gasteiger partial charge is 0.176 e. The van der Waals surface area contributed by atoms with Gasteiger partial charge in [-0.15, -0.1) is 0 Å². The normalized spacial score (nSPS) is 13.4. The lowest BCUT2D eigenvalue weighted by Crippen LogP contribution is -2.15. The van der Waals surface area contributed by atoms with Crippen molar-refractivity contribution in [3.63, 3.8) is 0 Å². The lowest BCUT2D eigenvalue weighted by atomic mass is 10.3. The van der Waals surface area contributed by atoms with E-state index in [0.717, 1.165) is 6.61 Å². The van der Waals surface area contributed by atoms with Crippen molar-refractivity contribution in [1.82, 2.24) is 0 Å². The highest BCUT2D eigenvalue weighted by molar-refractivity contribution is 6.51. The molecule has 1 nitrogen and oxygen atoms in total. The summed E-state index contributed by atoms with van der Waals surface area (Å²) in [5.74, 6) is 0. The minimum absolute atomic E-state index is 0.745. The Morgan fingerprint density at radius 1 is 1.09 bits per heavy atom. The van der Waals surface area contributed by atoms with E-state index in [0.29, 0.717) is 0 Å². The van der Waals surface area contributed by atoms with Crippen LogP contribution in [-0.4, -0.2) is 15.6 Å². The predicted molar refractivity (Wildman–Crippen MR) is 53.6 cm³/mol. The Kier molecular flexibility index (Phi) is 8.41. The summed E-state index contributed by atoms with van der Waals surface area (Å²) in [4.78, 5) is 0. The molecule has 0 rings (SSSR count). The molecule has 0 saturated heterocycles. The molecule has 0 heterocycles. The van der Waals surface area contributed by atoms with Crippen LogP contribution < -0.4 is 0 Å². The maximum absolute atomic E-state index is 5.68. The van der Waals surface area contributed by atoms with Gasteiger partial charge in [-0.3, -0.25) is 0 Å². The van der Waals surface area contributed by atoms with Gasteiger partial charge in [0.25, 0.3) is 0 Å². The van der Waals surface area contributed by atoms with Crippen LogP contribution in [0.5, 0.6) is 0 Å². The first-order valence-electron chi connectivity index (χ1n) is 4.96. The van der Waals surface area contributed by atoms with Crippen molar-refractivity contribution in [2.24, 2.45) is 0 Å². The summed E-state index contributed by atoms with van der Waals surface area (Å²) >= 11 is 0. The van der Waals surface area contributed by atoms with Crippen molar-refractivity contribution in [3.05, 3.63) is 0 Å². The van der Waals surface area contributed by atoms with Gasteiger partial charge in [-0.2, -0.15) is 0 Å². The van der Waals surface area contributed by atoms with Gasteiger partial charge in [0, 0.05) is 6.61 Å². The van der Waals surface area contributed by atoms with E-state index in [1.54, 1.807) is 0 Å². The van der Waals surface area contributed by atoms with Gasteiger partial charge in [0.15, 0.2) is 9.04 Å². The molecule has 1 atom stereocenters. The van der Waals surface area contributed by atoms with Gasteiger partial charge in [-0.05, 0) is 19.0 Å². The Labute approximate surface area is 72.9 Å². The van der Waals surface area contributed by atoms with Crippen LogP contribution in [0.25, 0.3) is 0 Å². The third-order valence-corrected chi connectivity index (χ3v) is 4.75. The molecule has 0 radical (unpaired) electrons. The Balaban J connectivity index is 3.20. The van der Waals surface area contributed by atoms with Gasteiger partial charge in [0.2, 0.25) is 0 Å². The Bertz CT molecular complexity index is 76.0. The van der Waals surface area contributed by atoms with Crippen molar-refractivity contribution in [3.8, 4) is 0 Å².